The lowest BCUT2D eigenvalue weighted by molar-refractivity contribution is -0.119. The van der Waals surface area contributed by atoms with Crippen molar-refractivity contribution in [2.24, 2.45) is 0 Å². The zero-order valence-electron chi connectivity index (χ0n) is 11.3. The molecule has 0 atom stereocenters. The van der Waals surface area contributed by atoms with Crippen LogP contribution in [-0.2, 0) is 9.53 Å². The van der Waals surface area contributed by atoms with Gasteiger partial charge in [-0.15, -0.1) is 0 Å². The van der Waals surface area contributed by atoms with Gasteiger partial charge in [-0.3, -0.25) is 9.78 Å². The minimum atomic E-state index is -0.576. The van der Waals surface area contributed by atoms with Crippen LogP contribution in [-0.4, -0.2) is 23.5 Å². The van der Waals surface area contributed by atoms with Crippen molar-refractivity contribution in [1.82, 2.24) is 4.98 Å². The first-order chi connectivity index (χ1) is 10.0. The van der Waals surface area contributed by atoms with E-state index in [0.29, 0.717) is 11.3 Å². The van der Waals surface area contributed by atoms with Crippen molar-refractivity contribution in [3.63, 3.8) is 0 Å². The third kappa shape index (κ3) is 4.68. The van der Waals surface area contributed by atoms with Gasteiger partial charge in [0.25, 0.3) is 5.91 Å². The molecule has 0 bridgehead atoms. The van der Waals surface area contributed by atoms with Crippen LogP contribution < -0.4 is 5.32 Å². The number of aryl methyl sites for hydroxylation is 1. The highest BCUT2D eigenvalue weighted by Gasteiger charge is 2.10. The molecule has 0 saturated carbocycles. The summed E-state index contributed by atoms with van der Waals surface area (Å²) in [6.45, 7) is 1.48. The summed E-state index contributed by atoms with van der Waals surface area (Å²) in [5.41, 5.74) is 1.76. The number of carbonyl (C=O) groups excluding carboxylic acids is 2. The van der Waals surface area contributed by atoms with Crippen molar-refractivity contribution in [3.8, 4) is 0 Å². The van der Waals surface area contributed by atoms with Crippen LogP contribution in [0.3, 0.4) is 0 Å². The molecule has 0 saturated heterocycles. The number of nitrogens with one attached hydrogen (secondary N) is 1. The Morgan fingerprint density at radius 2 is 1.90 bits per heavy atom. The van der Waals surface area contributed by atoms with Gasteiger partial charge in [0.05, 0.1) is 5.56 Å². The van der Waals surface area contributed by atoms with Gasteiger partial charge in [-0.05, 0) is 43.3 Å². The van der Waals surface area contributed by atoms with Gasteiger partial charge in [0.2, 0.25) is 0 Å². The first kappa shape index (κ1) is 15.2. The second kappa shape index (κ2) is 6.99. The standard InChI is InChI=1S/C15H13BrN2O3/c1-10-2-3-11(8-17-10)15(20)21-9-14(19)18-13-6-4-12(16)5-7-13/h2-8H,9H2,1H3,(H,18,19). The lowest BCUT2D eigenvalue weighted by Gasteiger charge is -2.06. The summed E-state index contributed by atoms with van der Waals surface area (Å²) in [4.78, 5) is 27.4. The van der Waals surface area contributed by atoms with E-state index in [4.69, 9.17) is 4.74 Å². The second-order valence-corrected chi connectivity index (χ2v) is 5.24. The fraction of sp³-hybridized carbons (Fsp3) is 0.133. The van der Waals surface area contributed by atoms with E-state index in [0.717, 1.165) is 10.2 Å². The van der Waals surface area contributed by atoms with Crippen molar-refractivity contribution < 1.29 is 14.3 Å². The Morgan fingerprint density at radius 1 is 1.19 bits per heavy atom. The molecule has 2 aromatic rings. The molecular formula is C15H13BrN2O3. The number of amides is 1. The molecule has 108 valence electrons. The maximum absolute atomic E-state index is 11.7. The van der Waals surface area contributed by atoms with Crippen molar-refractivity contribution in [2.45, 2.75) is 6.92 Å². The molecule has 5 nitrogen and oxygen atoms in total. The number of carbonyl (C=O) groups is 2. The summed E-state index contributed by atoms with van der Waals surface area (Å²) < 4.78 is 5.84. The van der Waals surface area contributed by atoms with Crippen molar-refractivity contribution in [1.29, 1.82) is 0 Å². The Morgan fingerprint density at radius 3 is 2.52 bits per heavy atom. The number of aromatic nitrogens is 1. The summed E-state index contributed by atoms with van der Waals surface area (Å²) in [7, 11) is 0. The lowest BCUT2D eigenvalue weighted by Crippen LogP contribution is -2.21. The normalized spacial score (nSPS) is 10.0. The molecule has 0 unspecified atom stereocenters. The quantitative estimate of drug-likeness (QED) is 0.862. The van der Waals surface area contributed by atoms with Crippen LogP contribution in [0.5, 0.6) is 0 Å². The predicted octanol–water partition coefficient (Wildman–Crippen LogP) is 2.95. The zero-order valence-corrected chi connectivity index (χ0v) is 12.9. The van der Waals surface area contributed by atoms with Crippen LogP contribution in [0.4, 0.5) is 5.69 Å². The molecule has 0 aliphatic rings. The Balaban J connectivity index is 1.84. The molecule has 6 heteroatoms. The Hall–Kier alpha value is -2.21. The minimum absolute atomic E-state index is 0.317. The molecule has 1 aromatic heterocycles. The third-order valence-corrected chi connectivity index (χ3v) is 3.14. The van der Waals surface area contributed by atoms with Crippen LogP contribution in [0.1, 0.15) is 16.1 Å². The van der Waals surface area contributed by atoms with E-state index in [1.165, 1.54) is 6.20 Å². The SMILES string of the molecule is Cc1ccc(C(=O)OCC(=O)Nc2ccc(Br)cc2)cn1. The highest BCUT2D eigenvalue weighted by Crippen LogP contribution is 2.14. The van der Waals surface area contributed by atoms with Gasteiger partial charge >= 0.3 is 5.97 Å². The summed E-state index contributed by atoms with van der Waals surface area (Å²) in [5.74, 6) is -0.973. The lowest BCUT2D eigenvalue weighted by atomic mass is 10.2. The molecule has 1 N–H and O–H groups in total. The molecule has 21 heavy (non-hydrogen) atoms. The number of rotatable bonds is 4. The van der Waals surface area contributed by atoms with Gasteiger partial charge in [-0.2, -0.15) is 0 Å². The average molecular weight is 349 g/mol. The van der Waals surface area contributed by atoms with Gasteiger partial charge in [0.15, 0.2) is 6.61 Å². The topological polar surface area (TPSA) is 68.3 Å². The number of benzene rings is 1. The highest BCUT2D eigenvalue weighted by atomic mass is 79.9. The number of ether oxygens (including phenoxy) is 1. The number of hydrogen-bond acceptors (Lipinski definition) is 4. The maximum atomic E-state index is 11.7. The molecule has 0 radical (unpaired) electrons. The largest absolute Gasteiger partial charge is 0.452 e. The molecule has 1 aromatic carbocycles. The molecular weight excluding hydrogens is 336 g/mol. The Labute approximate surface area is 130 Å². The minimum Gasteiger partial charge on any atom is -0.452 e. The van der Waals surface area contributed by atoms with E-state index in [2.05, 4.69) is 26.2 Å². The summed E-state index contributed by atoms with van der Waals surface area (Å²) >= 11 is 3.30. The summed E-state index contributed by atoms with van der Waals surface area (Å²) in [5, 5.41) is 2.63. The Bertz CT molecular complexity index is 639. The maximum Gasteiger partial charge on any atom is 0.340 e. The molecule has 1 heterocycles. The van der Waals surface area contributed by atoms with E-state index in [-0.39, 0.29) is 6.61 Å². The average Bonchev–Trinajstić information content (AvgIpc) is 2.48. The third-order valence-electron chi connectivity index (χ3n) is 2.61. The van der Waals surface area contributed by atoms with E-state index >= 15 is 0 Å². The fourth-order valence-corrected chi connectivity index (χ4v) is 1.80. The highest BCUT2D eigenvalue weighted by molar-refractivity contribution is 9.10. The zero-order chi connectivity index (χ0) is 15.2. The predicted molar refractivity (Wildman–Crippen MR) is 82.0 cm³/mol. The van der Waals surface area contributed by atoms with E-state index < -0.39 is 11.9 Å². The van der Waals surface area contributed by atoms with E-state index in [9.17, 15) is 9.59 Å². The van der Waals surface area contributed by atoms with Gasteiger partial charge in [0.1, 0.15) is 0 Å². The fourth-order valence-electron chi connectivity index (χ4n) is 1.53. The number of halogens is 1. The summed E-state index contributed by atoms with van der Waals surface area (Å²) in [6, 6.07) is 10.4. The molecule has 0 aliphatic heterocycles. The van der Waals surface area contributed by atoms with Gasteiger partial charge < -0.3 is 10.1 Å². The van der Waals surface area contributed by atoms with Crippen molar-refractivity contribution >= 4 is 33.5 Å². The molecule has 2 rings (SSSR count). The first-order valence-corrected chi connectivity index (χ1v) is 6.99. The van der Waals surface area contributed by atoms with Gasteiger partial charge in [-0.1, -0.05) is 15.9 Å². The van der Waals surface area contributed by atoms with Crippen LogP contribution in [0.25, 0.3) is 0 Å². The number of anilines is 1. The molecule has 1 amide bonds. The molecule has 0 aliphatic carbocycles. The second-order valence-electron chi connectivity index (χ2n) is 4.32. The van der Waals surface area contributed by atoms with Crippen LogP contribution in [0.15, 0.2) is 47.1 Å². The number of esters is 1. The number of nitrogens with zero attached hydrogens (tertiary/aromatic N) is 1. The Kier molecular flexibility index (Phi) is 5.05. The monoisotopic (exact) mass is 348 g/mol. The number of pyridine rings is 1. The van der Waals surface area contributed by atoms with E-state index in [1.54, 1.807) is 36.4 Å². The van der Waals surface area contributed by atoms with E-state index in [1.807, 2.05) is 6.92 Å². The van der Waals surface area contributed by atoms with Gasteiger partial charge in [-0.25, -0.2) is 4.79 Å². The van der Waals surface area contributed by atoms with Crippen LogP contribution in [0, 0.1) is 6.92 Å². The van der Waals surface area contributed by atoms with Crippen molar-refractivity contribution in [2.75, 3.05) is 11.9 Å². The summed E-state index contributed by atoms with van der Waals surface area (Å²) in [6.07, 6.45) is 1.42. The first-order valence-electron chi connectivity index (χ1n) is 6.20. The van der Waals surface area contributed by atoms with Crippen LogP contribution >= 0.6 is 15.9 Å². The molecule has 0 spiro atoms. The van der Waals surface area contributed by atoms with Crippen molar-refractivity contribution in [3.05, 3.63) is 58.3 Å². The number of hydrogen-bond donors (Lipinski definition) is 1. The smallest absolute Gasteiger partial charge is 0.340 e. The van der Waals surface area contributed by atoms with Crippen LogP contribution in [0.2, 0.25) is 0 Å². The van der Waals surface area contributed by atoms with Gasteiger partial charge in [0, 0.05) is 22.1 Å². The molecule has 0 fully saturated rings.